The van der Waals surface area contributed by atoms with Crippen LogP contribution in [0.15, 0.2) is 4.42 Å². The zero-order chi connectivity index (χ0) is 14.2. The van der Waals surface area contributed by atoms with Crippen LogP contribution in [0.1, 0.15) is 31.5 Å². The first kappa shape index (κ1) is 15.4. The Morgan fingerprint density at radius 1 is 1.40 bits per heavy atom. The third-order valence-electron chi connectivity index (χ3n) is 3.69. The first-order valence-corrected chi connectivity index (χ1v) is 7.55. The fourth-order valence-electron chi connectivity index (χ4n) is 2.63. The highest BCUT2D eigenvalue weighted by molar-refractivity contribution is 4.83. The van der Waals surface area contributed by atoms with Crippen LogP contribution in [0.5, 0.6) is 0 Å². The van der Waals surface area contributed by atoms with Crippen molar-refractivity contribution in [1.82, 2.24) is 20.4 Å². The van der Waals surface area contributed by atoms with Crippen LogP contribution in [0.2, 0.25) is 0 Å². The van der Waals surface area contributed by atoms with Crippen molar-refractivity contribution in [2.45, 2.75) is 32.7 Å². The van der Waals surface area contributed by atoms with Gasteiger partial charge in [-0.05, 0) is 31.8 Å². The van der Waals surface area contributed by atoms with Crippen LogP contribution in [-0.2, 0) is 17.7 Å². The van der Waals surface area contributed by atoms with Gasteiger partial charge in [-0.15, -0.1) is 10.2 Å². The van der Waals surface area contributed by atoms with E-state index in [1.807, 2.05) is 6.92 Å². The SMILES string of the molecule is CCc1nnc(CN2CCCC(CNCCOC)C2)o1. The molecule has 0 radical (unpaired) electrons. The number of rotatable bonds is 8. The van der Waals surface area contributed by atoms with E-state index >= 15 is 0 Å². The van der Waals surface area contributed by atoms with Crippen molar-refractivity contribution in [2.75, 3.05) is 39.9 Å². The smallest absolute Gasteiger partial charge is 0.230 e. The number of hydrogen-bond donors (Lipinski definition) is 1. The molecule has 0 saturated carbocycles. The molecule has 1 aromatic heterocycles. The number of ether oxygens (including phenoxy) is 1. The summed E-state index contributed by atoms with van der Waals surface area (Å²) in [5.41, 5.74) is 0. The minimum Gasteiger partial charge on any atom is -0.424 e. The number of methoxy groups -OCH3 is 1. The Hall–Kier alpha value is -0.980. The van der Waals surface area contributed by atoms with Crippen LogP contribution in [0, 0.1) is 5.92 Å². The molecular weight excluding hydrogens is 256 g/mol. The van der Waals surface area contributed by atoms with Crippen molar-refractivity contribution in [3.8, 4) is 0 Å². The minimum absolute atomic E-state index is 0.703. The third kappa shape index (κ3) is 4.85. The molecule has 0 spiro atoms. The topological polar surface area (TPSA) is 63.4 Å². The number of likely N-dealkylation sites (tertiary alicyclic amines) is 1. The molecule has 6 heteroatoms. The molecule has 1 saturated heterocycles. The van der Waals surface area contributed by atoms with Gasteiger partial charge in [0.15, 0.2) is 0 Å². The Morgan fingerprint density at radius 2 is 2.25 bits per heavy atom. The van der Waals surface area contributed by atoms with Gasteiger partial charge >= 0.3 is 0 Å². The number of nitrogens with zero attached hydrogens (tertiary/aromatic N) is 3. The Labute approximate surface area is 120 Å². The fraction of sp³-hybridized carbons (Fsp3) is 0.857. The molecule has 1 atom stereocenters. The predicted octanol–water partition coefficient (Wildman–Crippen LogP) is 1.08. The maximum absolute atomic E-state index is 5.59. The Balaban J connectivity index is 1.72. The number of nitrogens with one attached hydrogen (secondary N) is 1. The quantitative estimate of drug-likeness (QED) is 0.720. The van der Waals surface area contributed by atoms with Gasteiger partial charge in [0, 0.05) is 26.6 Å². The number of aromatic nitrogens is 2. The van der Waals surface area contributed by atoms with Crippen LogP contribution in [0.25, 0.3) is 0 Å². The molecule has 1 N–H and O–H groups in total. The van der Waals surface area contributed by atoms with Gasteiger partial charge in [-0.25, -0.2) is 0 Å². The van der Waals surface area contributed by atoms with Gasteiger partial charge in [-0.3, -0.25) is 4.90 Å². The average molecular weight is 282 g/mol. The predicted molar refractivity (Wildman–Crippen MR) is 76.4 cm³/mol. The zero-order valence-electron chi connectivity index (χ0n) is 12.6. The van der Waals surface area contributed by atoms with Crippen LogP contribution in [-0.4, -0.2) is 55.0 Å². The van der Waals surface area contributed by atoms with E-state index in [0.29, 0.717) is 5.92 Å². The summed E-state index contributed by atoms with van der Waals surface area (Å²) >= 11 is 0. The summed E-state index contributed by atoms with van der Waals surface area (Å²) in [5, 5.41) is 11.6. The van der Waals surface area contributed by atoms with Gasteiger partial charge in [0.1, 0.15) is 0 Å². The van der Waals surface area contributed by atoms with E-state index < -0.39 is 0 Å². The molecule has 0 amide bonds. The molecule has 2 rings (SSSR count). The standard InChI is InChI=1S/C14H26N4O2/c1-3-13-16-17-14(20-13)11-18-7-4-5-12(10-18)9-15-6-8-19-2/h12,15H,3-11H2,1-2H3. The summed E-state index contributed by atoms with van der Waals surface area (Å²) in [6.07, 6.45) is 3.34. The summed E-state index contributed by atoms with van der Waals surface area (Å²) in [6, 6.07) is 0. The van der Waals surface area contributed by atoms with Crippen molar-refractivity contribution >= 4 is 0 Å². The Kier molecular flexibility index (Phi) is 6.42. The van der Waals surface area contributed by atoms with Gasteiger partial charge < -0.3 is 14.5 Å². The van der Waals surface area contributed by atoms with E-state index in [9.17, 15) is 0 Å². The van der Waals surface area contributed by atoms with Crippen molar-refractivity contribution in [3.63, 3.8) is 0 Å². The van der Waals surface area contributed by atoms with E-state index in [2.05, 4.69) is 20.4 Å². The molecular formula is C14H26N4O2. The first-order valence-electron chi connectivity index (χ1n) is 7.55. The average Bonchev–Trinajstić information content (AvgIpc) is 2.92. The molecule has 0 aromatic carbocycles. The molecule has 0 bridgehead atoms. The van der Waals surface area contributed by atoms with E-state index in [1.54, 1.807) is 7.11 Å². The molecule has 114 valence electrons. The maximum atomic E-state index is 5.59. The van der Waals surface area contributed by atoms with E-state index in [-0.39, 0.29) is 0 Å². The third-order valence-corrected chi connectivity index (χ3v) is 3.69. The number of hydrogen-bond acceptors (Lipinski definition) is 6. The van der Waals surface area contributed by atoms with Crippen LogP contribution < -0.4 is 5.32 Å². The second-order valence-corrected chi connectivity index (χ2v) is 5.38. The van der Waals surface area contributed by atoms with Gasteiger partial charge in [-0.2, -0.15) is 0 Å². The fourth-order valence-corrected chi connectivity index (χ4v) is 2.63. The molecule has 1 aromatic rings. The van der Waals surface area contributed by atoms with E-state index in [4.69, 9.17) is 9.15 Å². The van der Waals surface area contributed by atoms with Gasteiger partial charge in [0.05, 0.1) is 13.2 Å². The van der Waals surface area contributed by atoms with Gasteiger partial charge in [-0.1, -0.05) is 6.92 Å². The Morgan fingerprint density at radius 3 is 3.00 bits per heavy atom. The first-order chi connectivity index (χ1) is 9.81. The lowest BCUT2D eigenvalue weighted by Gasteiger charge is -2.31. The molecule has 2 heterocycles. The summed E-state index contributed by atoms with van der Waals surface area (Å²) < 4.78 is 10.6. The van der Waals surface area contributed by atoms with Crippen molar-refractivity contribution < 1.29 is 9.15 Å². The lowest BCUT2D eigenvalue weighted by Crippen LogP contribution is -2.39. The van der Waals surface area contributed by atoms with Gasteiger partial charge in [0.2, 0.25) is 11.8 Å². The second-order valence-electron chi connectivity index (χ2n) is 5.38. The van der Waals surface area contributed by atoms with E-state index in [0.717, 1.165) is 57.5 Å². The van der Waals surface area contributed by atoms with E-state index in [1.165, 1.54) is 12.8 Å². The summed E-state index contributed by atoms with van der Waals surface area (Å²) in [7, 11) is 1.74. The highest BCUT2D eigenvalue weighted by atomic mass is 16.5. The normalized spacial score (nSPS) is 20.4. The maximum Gasteiger partial charge on any atom is 0.230 e. The Bertz CT molecular complexity index is 383. The summed E-state index contributed by atoms with van der Waals surface area (Å²) in [5.74, 6) is 2.18. The summed E-state index contributed by atoms with van der Waals surface area (Å²) in [6.45, 7) is 7.79. The molecule has 1 unspecified atom stereocenters. The molecule has 6 nitrogen and oxygen atoms in total. The molecule has 20 heavy (non-hydrogen) atoms. The van der Waals surface area contributed by atoms with Crippen LogP contribution in [0.3, 0.4) is 0 Å². The lowest BCUT2D eigenvalue weighted by atomic mass is 9.98. The second kappa shape index (κ2) is 8.34. The highest BCUT2D eigenvalue weighted by Crippen LogP contribution is 2.17. The molecule has 1 fully saturated rings. The zero-order valence-corrected chi connectivity index (χ0v) is 12.6. The number of aryl methyl sites for hydroxylation is 1. The molecule has 0 aliphatic carbocycles. The molecule has 1 aliphatic rings. The highest BCUT2D eigenvalue weighted by Gasteiger charge is 2.21. The van der Waals surface area contributed by atoms with Crippen LogP contribution >= 0.6 is 0 Å². The van der Waals surface area contributed by atoms with Crippen molar-refractivity contribution in [1.29, 1.82) is 0 Å². The van der Waals surface area contributed by atoms with Gasteiger partial charge in [0.25, 0.3) is 0 Å². The van der Waals surface area contributed by atoms with Crippen LogP contribution in [0.4, 0.5) is 0 Å². The lowest BCUT2D eigenvalue weighted by molar-refractivity contribution is 0.148. The van der Waals surface area contributed by atoms with Crippen molar-refractivity contribution in [3.05, 3.63) is 11.8 Å². The largest absolute Gasteiger partial charge is 0.424 e. The number of piperidine rings is 1. The molecule has 1 aliphatic heterocycles. The monoisotopic (exact) mass is 282 g/mol. The van der Waals surface area contributed by atoms with Crippen molar-refractivity contribution in [2.24, 2.45) is 5.92 Å². The minimum atomic E-state index is 0.703. The summed E-state index contributed by atoms with van der Waals surface area (Å²) in [4.78, 5) is 2.42.